The van der Waals surface area contributed by atoms with E-state index in [-0.39, 0.29) is 11.8 Å². The highest BCUT2D eigenvalue weighted by molar-refractivity contribution is 14.1. The normalized spacial score (nSPS) is 20.4. The van der Waals surface area contributed by atoms with E-state index in [0.717, 1.165) is 31.6 Å². The van der Waals surface area contributed by atoms with Gasteiger partial charge < -0.3 is 10.6 Å². The number of anilines is 1. The van der Waals surface area contributed by atoms with Crippen LogP contribution >= 0.6 is 22.6 Å². The Morgan fingerprint density at radius 2 is 2.12 bits per heavy atom. The first-order valence-corrected chi connectivity index (χ1v) is 6.61. The first-order chi connectivity index (χ1) is 7.75. The lowest BCUT2D eigenvalue weighted by Gasteiger charge is -2.21. The van der Waals surface area contributed by atoms with Gasteiger partial charge in [-0.15, -0.1) is 0 Å². The zero-order valence-corrected chi connectivity index (χ0v) is 11.2. The quantitative estimate of drug-likeness (QED) is 0.817. The lowest BCUT2D eigenvalue weighted by atomic mass is 9.99. The fourth-order valence-electron chi connectivity index (χ4n) is 1.85. The largest absolute Gasteiger partial charge is 0.326 e. The Bertz CT molecular complexity index is 358. The van der Waals surface area contributed by atoms with Crippen LogP contribution in [-0.4, -0.2) is 19.0 Å². The van der Waals surface area contributed by atoms with Crippen molar-refractivity contribution >= 4 is 34.2 Å². The van der Waals surface area contributed by atoms with Gasteiger partial charge in [0.2, 0.25) is 5.91 Å². The van der Waals surface area contributed by atoms with Crippen molar-refractivity contribution in [1.29, 1.82) is 0 Å². The van der Waals surface area contributed by atoms with Gasteiger partial charge in [0.25, 0.3) is 0 Å². The molecule has 4 heteroatoms. The first kappa shape index (κ1) is 11.9. The molecule has 3 nitrogen and oxygen atoms in total. The minimum Gasteiger partial charge on any atom is -0.326 e. The maximum absolute atomic E-state index is 11.9. The fraction of sp³-hybridized carbons (Fsp3) is 0.417. The second-order valence-corrected chi connectivity index (χ2v) is 5.29. The van der Waals surface area contributed by atoms with E-state index in [1.165, 1.54) is 3.57 Å². The number of hydrogen-bond acceptors (Lipinski definition) is 2. The maximum Gasteiger partial charge on any atom is 0.228 e. The number of piperidine rings is 1. The molecule has 0 radical (unpaired) electrons. The summed E-state index contributed by atoms with van der Waals surface area (Å²) in [6, 6.07) is 7.87. The fourth-order valence-corrected chi connectivity index (χ4v) is 2.21. The van der Waals surface area contributed by atoms with Crippen LogP contribution in [0.4, 0.5) is 5.69 Å². The van der Waals surface area contributed by atoms with Gasteiger partial charge in [-0.05, 0) is 66.2 Å². The van der Waals surface area contributed by atoms with Crippen LogP contribution in [0.5, 0.6) is 0 Å². The number of halogens is 1. The van der Waals surface area contributed by atoms with Crippen molar-refractivity contribution in [2.45, 2.75) is 12.8 Å². The number of nitrogens with one attached hydrogen (secondary N) is 2. The summed E-state index contributed by atoms with van der Waals surface area (Å²) in [5, 5.41) is 6.21. The number of rotatable bonds is 2. The third-order valence-electron chi connectivity index (χ3n) is 2.78. The first-order valence-electron chi connectivity index (χ1n) is 5.53. The van der Waals surface area contributed by atoms with E-state index >= 15 is 0 Å². The predicted octanol–water partition coefficient (Wildman–Crippen LogP) is 2.23. The molecule has 2 N–H and O–H groups in total. The van der Waals surface area contributed by atoms with Gasteiger partial charge in [0.05, 0.1) is 5.92 Å². The molecule has 1 unspecified atom stereocenters. The van der Waals surface area contributed by atoms with Crippen LogP contribution in [0.2, 0.25) is 0 Å². The van der Waals surface area contributed by atoms with Crippen LogP contribution in [0.1, 0.15) is 12.8 Å². The molecule has 1 fully saturated rings. The Morgan fingerprint density at radius 3 is 2.75 bits per heavy atom. The standard InChI is InChI=1S/C12H15IN2O/c13-10-3-5-11(6-4-10)15-12(16)9-2-1-7-14-8-9/h3-6,9,14H,1-2,7-8H2,(H,15,16). The molecule has 86 valence electrons. The van der Waals surface area contributed by atoms with Crippen molar-refractivity contribution in [2.24, 2.45) is 5.92 Å². The summed E-state index contributed by atoms with van der Waals surface area (Å²) in [7, 11) is 0. The lowest BCUT2D eigenvalue weighted by Crippen LogP contribution is -2.37. The van der Waals surface area contributed by atoms with E-state index in [2.05, 4.69) is 33.2 Å². The van der Waals surface area contributed by atoms with Gasteiger partial charge in [-0.1, -0.05) is 0 Å². The topological polar surface area (TPSA) is 41.1 Å². The molecule has 0 aromatic heterocycles. The van der Waals surface area contributed by atoms with Crippen molar-refractivity contribution in [3.05, 3.63) is 27.8 Å². The van der Waals surface area contributed by atoms with E-state index in [1.54, 1.807) is 0 Å². The smallest absolute Gasteiger partial charge is 0.228 e. The molecule has 2 rings (SSSR count). The third-order valence-corrected chi connectivity index (χ3v) is 3.50. The highest BCUT2D eigenvalue weighted by Gasteiger charge is 2.20. The SMILES string of the molecule is O=C(Nc1ccc(I)cc1)C1CCCNC1. The predicted molar refractivity (Wildman–Crippen MR) is 73.4 cm³/mol. The third kappa shape index (κ3) is 3.18. The van der Waals surface area contributed by atoms with E-state index < -0.39 is 0 Å². The van der Waals surface area contributed by atoms with E-state index in [9.17, 15) is 4.79 Å². The number of hydrogen-bond donors (Lipinski definition) is 2. The Balaban J connectivity index is 1.93. The van der Waals surface area contributed by atoms with Crippen LogP contribution in [0.25, 0.3) is 0 Å². The molecule has 0 spiro atoms. The minimum atomic E-state index is 0.119. The molecule has 16 heavy (non-hydrogen) atoms. The van der Waals surface area contributed by atoms with Crippen molar-refractivity contribution in [2.75, 3.05) is 18.4 Å². The molecular weight excluding hydrogens is 315 g/mol. The van der Waals surface area contributed by atoms with Gasteiger partial charge in [-0.2, -0.15) is 0 Å². The van der Waals surface area contributed by atoms with Gasteiger partial charge in [-0.25, -0.2) is 0 Å². The average Bonchev–Trinajstić information content (AvgIpc) is 2.33. The van der Waals surface area contributed by atoms with Gasteiger partial charge in [0.1, 0.15) is 0 Å². The summed E-state index contributed by atoms with van der Waals surface area (Å²) >= 11 is 2.25. The van der Waals surface area contributed by atoms with E-state index in [1.807, 2.05) is 24.3 Å². The van der Waals surface area contributed by atoms with Gasteiger partial charge in [0.15, 0.2) is 0 Å². The molecule has 1 saturated heterocycles. The van der Waals surface area contributed by atoms with Crippen LogP contribution < -0.4 is 10.6 Å². The Hall–Kier alpha value is -0.620. The summed E-state index contributed by atoms with van der Waals surface area (Å²) in [4.78, 5) is 11.9. The monoisotopic (exact) mass is 330 g/mol. The van der Waals surface area contributed by atoms with Gasteiger partial charge >= 0.3 is 0 Å². The average molecular weight is 330 g/mol. The zero-order valence-electron chi connectivity index (χ0n) is 9.00. The van der Waals surface area contributed by atoms with Crippen molar-refractivity contribution in [1.82, 2.24) is 5.32 Å². The van der Waals surface area contributed by atoms with Gasteiger partial charge in [-0.3, -0.25) is 4.79 Å². The summed E-state index contributed by atoms with van der Waals surface area (Å²) < 4.78 is 1.18. The molecule has 0 saturated carbocycles. The number of benzene rings is 1. The molecule has 1 amide bonds. The van der Waals surface area contributed by atoms with Crippen molar-refractivity contribution in [3.8, 4) is 0 Å². The highest BCUT2D eigenvalue weighted by atomic mass is 127. The van der Waals surface area contributed by atoms with Crippen LogP contribution in [0.3, 0.4) is 0 Å². The summed E-state index contributed by atoms with van der Waals surface area (Å²) in [5.74, 6) is 0.251. The second-order valence-electron chi connectivity index (χ2n) is 4.04. The van der Waals surface area contributed by atoms with Gasteiger partial charge in [0, 0.05) is 15.8 Å². The van der Waals surface area contributed by atoms with E-state index in [0.29, 0.717) is 0 Å². The summed E-state index contributed by atoms with van der Waals surface area (Å²) in [5.41, 5.74) is 0.885. The molecule has 1 heterocycles. The summed E-state index contributed by atoms with van der Waals surface area (Å²) in [6.45, 7) is 1.84. The Labute approximate surface area is 109 Å². The molecule has 1 aliphatic heterocycles. The maximum atomic E-state index is 11.9. The number of amides is 1. The van der Waals surface area contributed by atoms with Crippen molar-refractivity contribution in [3.63, 3.8) is 0 Å². The van der Waals surface area contributed by atoms with Crippen molar-refractivity contribution < 1.29 is 4.79 Å². The molecule has 1 aromatic carbocycles. The molecule has 0 aliphatic carbocycles. The molecule has 1 aliphatic rings. The number of carbonyl (C=O) groups is 1. The summed E-state index contributed by atoms with van der Waals surface area (Å²) in [6.07, 6.45) is 2.08. The molecular formula is C12H15IN2O. The second kappa shape index (κ2) is 5.63. The van der Waals surface area contributed by atoms with Crippen LogP contribution in [-0.2, 0) is 4.79 Å². The molecule has 1 atom stereocenters. The minimum absolute atomic E-state index is 0.119. The number of carbonyl (C=O) groups excluding carboxylic acids is 1. The lowest BCUT2D eigenvalue weighted by molar-refractivity contribution is -0.120. The Kier molecular flexibility index (Phi) is 4.17. The van der Waals surface area contributed by atoms with E-state index in [4.69, 9.17) is 0 Å². The highest BCUT2D eigenvalue weighted by Crippen LogP contribution is 2.15. The zero-order chi connectivity index (χ0) is 11.4. The molecule has 0 bridgehead atoms. The van der Waals surface area contributed by atoms with Crippen LogP contribution in [0, 0.1) is 9.49 Å². The van der Waals surface area contributed by atoms with Crippen LogP contribution in [0.15, 0.2) is 24.3 Å². The molecule has 1 aromatic rings. The Morgan fingerprint density at radius 1 is 1.38 bits per heavy atom.